The van der Waals surface area contributed by atoms with E-state index in [2.05, 4.69) is 5.43 Å². The van der Waals surface area contributed by atoms with Gasteiger partial charge in [0.25, 0.3) is 5.91 Å². The zero-order chi connectivity index (χ0) is 12.8. The number of nitrogens with two attached hydrogens (primary N) is 1. The van der Waals surface area contributed by atoms with Gasteiger partial charge >= 0.3 is 0 Å². The predicted octanol–water partition coefficient (Wildman–Crippen LogP) is 2.50. The van der Waals surface area contributed by atoms with Crippen molar-refractivity contribution in [1.82, 2.24) is 4.90 Å². The maximum absolute atomic E-state index is 12.3. The van der Waals surface area contributed by atoms with Gasteiger partial charge in [0.2, 0.25) is 0 Å². The molecular formula is C12H18ClN3O. The van der Waals surface area contributed by atoms with Crippen molar-refractivity contribution in [3.8, 4) is 0 Å². The highest BCUT2D eigenvalue weighted by Crippen LogP contribution is 2.21. The molecule has 0 fully saturated rings. The lowest BCUT2D eigenvalue weighted by Gasteiger charge is -2.21. The number of hydrazine groups is 1. The number of nitrogens with zero attached hydrogens (tertiary/aromatic N) is 1. The number of hydrogen-bond acceptors (Lipinski definition) is 3. The van der Waals surface area contributed by atoms with Gasteiger partial charge in [0.1, 0.15) is 0 Å². The highest BCUT2D eigenvalue weighted by molar-refractivity contribution is 6.31. The monoisotopic (exact) mass is 255 g/mol. The van der Waals surface area contributed by atoms with E-state index < -0.39 is 0 Å². The summed E-state index contributed by atoms with van der Waals surface area (Å²) < 4.78 is 0. The molecule has 0 radical (unpaired) electrons. The van der Waals surface area contributed by atoms with Gasteiger partial charge in [-0.15, -0.1) is 0 Å². The number of amides is 1. The first-order valence-electron chi connectivity index (χ1n) is 5.69. The van der Waals surface area contributed by atoms with Crippen LogP contribution in [-0.4, -0.2) is 23.9 Å². The summed E-state index contributed by atoms with van der Waals surface area (Å²) in [4.78, 5) is 14.0. The lowest BCUT2D eigenvalue weighted by Crippen LogP contribution is -2.32. The number of carbonyl (C=O) groups is 1. The fraction of sp³-hybridized carbons (Fsp3) is 0.417. The minimum Gasteiger partial charge on any atom is -0.339 e. The molecule has 0 spiro atoms. The van der Waals surface area contributed by atoms with Gasteiger partial charge in [-0.2, -0.15) is 0 Å². The molecule has 0 aliphatic carbocycles. The molecule has 4 nitrogen and oxygen atoms in total. The average Bonchev–Trinajstić information content (AvgIpc) is 2.35. The number of halogens is 1. The topological polar surface area (TPSA) is 58.4 Å². The Bertz CT molecular complexity index is 395. The van der Waals surface area contributed by atoms with E-state index in [0.29, 0.717) is 22.8 Å². The Kier molecular flexibility index (Phi) is 5.25. The fourth-order valence-electron chi connectivity index (χ4n) is 1.66. The van der Waals surface area contributed by atoms with Gasteiger partial charge in [0, 0.05) is 18.1 Å². The molecule has 0 aliphatic rings. The Labute approximate surface area is 107 Å². The summed E-state index contributed by atoms with van der Waals surface area (Å²) in [6, 6.07) is 5.04. The van der Waals surface area contributed by atoms with Crippen molar-refractivity contribution < 1.29 is 4.79 Å². The number of anilines is 1. The van der Waals surface area contributed by atoms with Crippen LogP contribution in [0.5, 0.6) is 0 Å². The Morgan fingerprint density at radius 2 is 2.18 bits per heavy atom. The standard InChI is InChI=1S/C12H18ClN3O/c1-3-7-16(4-2)12(17)10-8-9(13)5-6-11(10)15-14/h5-6,8,15H,3-4,7,14H2,1-2H3. The molecule has 3 N–H and O–H groups in total. The van der Waals surface area contributed by atoms with E-state index in [0.717, 1.165) is 13.0 Å². The molecule has 5 heteroatoms. The van der Waals surface area contributed by atoms with Crippen LogP contribution in [0.1, 0.15) is 30.6 Å². The number of carbonyl (C=O) groups excluding carboxylic acids is 1. The van der Waals surface area contributed by atoms with Crippen molar-refractivity contribution in [3.05, 3.63) is 28.8 Å². The summed E-state index contributed by atoms with van der Waals surface area (Å²) in [6.45, 7) is 5.39. The van der Waals surface area contributed by atoms with E-state index in [4.69, 9.17) is 17.4 Å². The second-order valence-electron chi connectivity index (χ2n) is 3.72. The molecule has 1 aromatic carbocycles. The number of hydrogen-bond donors (Lipinski definition) is 2. The van der Waals surface area contributed by atoms with E-state index in [1.54, 1.807) is 23.1 Å². The normalized spacial score (nSPS) is 10.1. The molecule has 1 aromatic rings. The van der Waals surface area contributed by atoms with Gasteiger partial charge < -0.3 is 10.3 Å². The maximum Gasteiger partial charge on any atom is 0.256 e. The summed E-state index contributed by atoms with van der Waals surface area (Å²) in [5.41, 5.74) is 3.62. The largest absolute Gasteiger partial charge is 0.339 e. The van der Waals surface area contributed by atoms with Gasteiger partial charge in [-0.3, -0.25) is 10.6 Å². The minimum absolute atomic E-state index is 0.0511. The number of nitrogens with one attached hydrogen (secondary N) is 1. The third-order valence-electron chi connectivity index (χ3n) is 2.53. The SMILES string of the molecule is CCCN(CC)C(=O)c1cc(Cl)ccc1NN. The molecule has 0 heterocycles. The van der Waals surface area contributed by atoms with E-state index in [1.165, 1.54) is 0 Å². The van der Waals surface area contributed by atoms with Crippen molar-refractivity contribution in [1.29, 1.82) is 0 Å². The van der Waals surface area contributed by atoms with Crippen molar-refractivity contribution in [3.63, 3.8) is 0 Å². The van der Waals surface area contributed by atoms with Crippen molar-refractivity contribution in [2.24, 2.45) is 5.84 Å². The van der Waals surface area contributed by atoms with E-state index >= 15 is 0 Å². The highest BCUT2D eigenvalue weighted by atomic mass is 35.5. The Morgan fingerprint density at radius 1 is 1.47 bits per heavy atom. The van der Waals surface area contributed by atoms with E-state index in [9.17, 15) is 4.79 Å². The first-order chi connectivity index (χ1) is 8.13. The van der Waals surface area contributed by atoms with E-state index in [1.807, 2.05) is 13.8 Å². The molecule has 0 saturated carbocycles. The third-order valence-corrected chi connectivity index (χ3v) is 2.77. The molecule has 94 valence electrons. The quantitative estimate of drug-likeness (QED) is 0.628. The van der Waals surface area contributed by atoms with Crippen molar-refractivity contribution >= 4 is 23.2 Å². The molecule has 0 aliphatic heterocycles. The lowest BCUT2D eigenvalue weighted by molar-refractivity contribution is 0.0765. The Morgan fingerprint density at radius 3 is 2.71 bits per heavy atom. The van der Waals surface area contributed by atoms with Gasteiger partial charge in [-0.05, 0) is 31.5 Å². The zero-order valence-corrected chi connectivity index (χ0v) is 10.9. The third kappa shape index (κ3) is 3.35. The molecule has 0 atom stereocenters. The molecule has 0 saturated heterocycles. The van der Waals surface area contributed by atoms with Gasteiger partial charge in [0.15, 0.2) is 0 Å². The number of benzene rings is 1. The Balaban J connectivity index is 3.04. The van der Waals surface area contributed by atoms with Crippen LogP contribution in [-0.2, 0) is 0 Å². The molecule has 17 heavy (non-hydrogen) atoms. The van der Waals surface area contributed by atoms with Crippen LogP contribution in [0.25, 0.3) is 0 Å². The minimum atomic E-state index is -0.0511. The van der Waals surface area contributed by atoms with Crippen LogP contribution in [0.3, 0.4) is 0 Å². The summed E-state index contributed by atoms with van der Waals surface area (Å²) in [5.74, 6) is 5.34. The van der Waals surface area contributed by atoms with Crippen molar-refractivity contribution in [2.75, 3.05) is 18.5 Å². The van der Waals surface area contributed by atoms with Gasteiger partial charge in [0.05, 0.1) is 11.3 Å². The molecule has 1 amide bonds. The zero-order valence-electron chi connectivity index (χ0n) is 10.2. The molecular weight excluding hydrogens is 238 g/mol. The smallest absolute Gasteiger partial charge is 0.256 e. The fourth-order valence-corrected chi connectivity index (χ4v) is 1.83. The summed E-state index contributed by atoms with van der Waals surface area (Å²) in [7, 11) is 0. The van der Waals surface area contributed by atoms with Gasteiger partial charge in [-0.25, -0.2) is 0 Å². The van der Waals surface area contributed by atoms with Crippen LogP contribution < -0.4 is 11.3 Å². The van der Waals surface area contributed by atoms with Crippen LogP contribution in [0.15, 0.2) is 18.2 Å². The van der Waals surface area contributed by atoms with Crippen LogP contribution in [0.4, 0.5) is 5.69 Å². The summed E-state index contributed by atoms with van der Waals surface area (Å²) in [5, 5.41) is 0.528. The lowest BCUT2D eigenvalue weighted by atomic mass is 10.1. The van der Waals surface area contributed by atoms with Crippen LogP contribution in [0.2, 0.25) is 5.02 Å². The van der Waals surface area contributed by atoms with Crippen LogP contribution in [0, 0.1) is 0 Å². The summed E-state index contributed by atoms with van der Waals surface area (Å²) in [6.07, 6.45) is 0.922. The number of nitrogen functional groups attached to an aromatic ring is 1. The van der Waals surface area contributed by atoms with Crippen LogP contribution >= 0.6 is 11.6 Å². The molecule has 0 bridgehead atoms. The summed E-state index contributed by atoms with van der Waals surface area (Å²) >= 11 is 5.90. The number of rotatable bonds is 5. The molecule has 1 rings (SSSR count). The maximum atomic E-state index is 12.3. The first kappa shape index (κ1) is 13.8. The van der Waals surface area contributed by atoms with Crippen molar-refractivity contribution in [2.45, 2.75) is 20.3 Å². The molecule has 0 aromatic heterocycles. The van der Waals surface area contributed by atoms with E-state index in [-0.39, 0.29) is 5.91 Å². The Hall–Kier alpha value is -1.26. The second-order valence-corrected chi connectivity index (χ2v) is 4.16. The van der Waals surface area contributed by atoms with Gasteiger partial charge in [-0.1, -0.05) is 18.5 Å². The highest BCUT2D eigenvalue weighted by Gasteiger charge is 2.17. The first-order valence-corrected chi connectivity index (χ1v) is 6.07. The molecule has 0 unspecified atom stereocenters. The average molecular weight is 256 g/mol. The second kappa shape index (κ2) is 6.47. The predicted molar refractivity (Wildman–Crippen MR) is 71.1 cm³/mol.